The number of amides is 1. The van der Waals surface area contributed by atoms with Crippen molar-refractivity contribution in [2.45, 2.75) is 46.3 Å². The van der Waals surface area contributed by atoms with Crippen LogP contribution in [0.2, 0.25) is 0 Å². The number of aliphatic hydroxyl groups excluding tert-OH is 1. The summed E-state index contributed by atoms with van der Waals surface area (Å²) in [4.78, 5) is 11.7. The number of rotatable bonds is 7. The Morgan fingerprint density at radius 3 is 2.35 bits per heavy atom. The lowest BCUT2D eigenvalue weighted by atomic mass is 10.1. The minimum atomic E-state index is -0.445. The molecular formula is C16H25NO3. The molecule has 0 bridgehead atoms. The van der Waals surface area contributed by atoms with Gasteiger partial charge in [0.2, 0.25) is 0 Å². The molecule has 0 aromatic heterocycles. The summed E-state index contributed by atoms with van der Waals surface area (Å²) in [5, 5.41) is 12.6. The van der Waals surface area contributed by atoms with Gasteiger partial charge in [-0.15, -0.1) is 0 Å². The van der Waals surface area contributed by atoms with Crippen LogP contribution in [0.3, 0.4) is 0 Å². The predicted molar refractivity (Wildman–Crippen MR) is 79.6 cm³/mol. The lowest BCUT2D eigenvalue weighted by Crippen LogP contribution is -2.38. The Balaban J connectivity index is 2.44. The predicted octanol–water partition coefficient (Wildman–Crippen LogP) is 2.67. The third-order valence-electron chi connectivity index (χ3n) is 3.41. The van der Waals surface area contributed by atoms with Crippen LogP contribution in [0.25, 0.3) is 0 Å². The maximum absolute atomic E-state index is 11.7. The molecule has 0 aliphatic carbocycles. The maximum atomic E-state index is 11.7. The third kappa shape index (κ3) is 5.21. The van der Waals surface area contributed by atoms with Gasteiger partial charge in [-0.25, -0.2) is 0 Å². The summed E-state index contributed by atoms with van der Waals surface area (Å²) in [5.41, 5.74) is 0.859. The monoisotopic (exact) mass is 279 g/mol. The van der Waals surface area contributed by atoms with Gasteiger partial charge in [-0.2, -0.15) is 0 Å². The fourth-order valence-corrected chi connectivity index (χ4v) is 1.63. The number of nitrogens with one attached hydrogen (secondary N) is 1. The molecule has 0 aliphatic rings. The molecule has 4 heteroatoms. The molecular weight excluding hydrogens is 254 g/mol. The van der Waals surface area contributed by atoms with E-state index in [9.17, 15) is 9.90 Å². The van der Waals surface area contributed by atoms with Crippen molar-refractivity contribution in [2.24, 2.45) is 5.92 Å². The fourth-order valence-electron chi connectivity index (χ4n) is 1.63. The average Bonchev–Trinajstić information content (AvgIpc) is 2.44. The van der Waals surface area contributed by atoms with E-state index in [1.807, 2.05) is 26.0 Å². The van der Waals surface area contributed by atoms with E-state index < -0.39 is 6.10 Å². The molecule has 0 spiro atoms. The highest BCUT2D eigenvalue weighted by Crippen LogP contribution is 2.19. The normalized spacial score (nSPS) is 13.9. The summed E-state index contributed by atoms with van der Waals surface area (Å²) in [6.07, 6.45) is 0.231. The summed E-state index contributed by atoms with van der Waals surface area (Å²) in [6.45, 7) is 8.03. The summed E-state index contributed by atoms with van der Waals surface area (Å²) >= 11 is 0. The number of hydrogen-bond donors (Lipinski definition) is 2. The summed E-state index contributed by atoms with van der Waals surface area (Å²) in [7, 11) is 0. The van der Waals surface area contributed by atoms with Gasteiger partial charge in [-0.1, -0.05) is 32.9 Å². The zero-order chi connectivity index (χ0) is 15.1. The molecule has 2 N–H and O–H groups in total. The molecule has 1 aromatic carbocycles. The molecule has 1 aromatic rings. The highest BCUT2D eigenvalue weighted by atomic mass is 16.5. The Labute approximate surface area is 121 Å². The zero-order valence-electron chi connectivity index (χ0n) is 12.7. The van der Waals surface area contributed by atoms with E-state index >= 15 is 0 Å². The van der Waals surface area contributed by atoms with E-state index in [0.29, 0.717) is 18.1 Å². The molecule has 0 aliphatic heterocycles. The van der Waals surface area contributed by atoms with Gasteiger partial charge in [0.15, 0.2) is 6.61 Å². The van der Waals surface area contributed by atoms with Crippen molar-refractivity contribution >= 4 is 5.91 Å². The standard InChI is InChI=1S/C16H25NO3/c1-5-15(18)13-6-8-14(9-7-13)20-10-16(19)17-12(4)11(2)3/h6-9,11-12,15,18H,5,10H2,1-4H3,(H,17,19). The zero-order valence-corrected chi connectivity index (χ0v) is 12.7. The number of hydrogen-bond acceptors (Lipinski definition) is 3. The van der Waals surface area contributed by atoms with E-state index in [1.165, 1.54) is 0 Å². The van der Waals surface area contributed by atoms with Crippen LogP contribution in [0.1, 0.15) is 45.8 Å². The lowest BCUT2D eigenvalue weighted by molar-refractivity contribution is -0.124. The molecule has 1 amide bonds. The van der Waals surface area contributed by atoms with Gasteiger partial charge in [0.05, 0.1) is 6.10 Å². The Bertz CT molecular complexity index is 414. The molecule has 0 fully saturated rings. The van der Waals surface area contributed by atoms with Crippen molar-refractivity contribution < 1.29 is 14.6 Å². The van der Waals surface area contributed by atoms with E-state index in [0.717, 1.165) is 5.56 Å². The highest BCUT2D eigenvalue weighted by molar-refractivity contribution is 5.77. The molecule has 20 heavy (non-hydrogen) atoms. The molecule has 2 unspecified atom stereocenters. The van der Waals surface area contributed by atoms with Crippen LogP contribution in [0.4, 0.5) is 0 Å². The third-order valence-corrected chi connectivity index (χ3v) is 3.41. The van der Waals surface area contributed by atoms with Gasteiger partial charge < -0.3 is 15.2 Å². The molecule has 4 nitrogen and oxygen atoms in total. The molecule has 1 rings (SSSR count). The Morgan fingerprint density at radius 1 is 1.25 bits per heavy atom. The topological polar surface area (TPSA) is 58.6 Å². The smallest absolute Gasteiger partial charge is 0.258 e. The number of carbonyl (C=O) groups is 1. The SMILES string of the molecule is CCC(O)c1ccc(OCC(=O)NC(C)C(C)C)cc1. The van der Waals surface area contributed by atoms with E-state index in [2.05, 4.69) is 19.2 Å². The van der Waals surface area contributed by atoms with Crippen molar-refractivity contribution in [1.82, 2.24) is 5.32 Å². The summed E-state index contributed by atoms with van der Waals surface area (Å²) < 4.78 is 5.42. The number of ether oxygens (including phenoxy) is 1. The fraction of sp³-hybridized carbons (Fsp3) is 0.562. The van der Waals surface area contributed by atoms with Gasteiger partial charge in [0, 0.05) is 6.04 Å². The number of carbonyl (C=O) groups excluding carboxylic acids is 1. The van der Waals surface area contributed by atoms with Crippen LogP contribution in [0.15, 0.2) is 24.3 Å². The average molecular weight is 279 g/mol. The Morgan fingerprint density at radius 2 is 1.85 bits per heavy atom. The second-order valence-electron chi connectivity index (χ2n) is 5.38. The number of benzene rings is 1. The second kappa shape index (κ2) is 7.90. The second-order valence-corrected chi connectivity index (χ2v) is 5.38. The number of aliphatic hydroxyl groups is 1. The van der Waals surface area contributed by atoms with Crippen molar-refractivity contribution in [2.75, 3.05) is 6.61 Å². The van der Waals surface area contributed by atoms with Gasteiger partial charge in [0.1, 0.15) is 5.75 Å². The Kier molecular flexibility index (Phi) is 6.52. The van der Waals surface area contributed by atoms with Crippen LogP contribution < -0.4 is 10.1 Å². The van der Waals surface area contributed by atoms with Crippen LogP contribution in [-0.2, 0) is 4.79 Å². The quantitative estimate of drug-likeness (QED) is 0.806. The van der Waals surface area contributed by atoms with E-state index in [1.54, 1.807) is 12.1 Å². The highest BCUT2D eigenvalue weighted by Gasteiger charge is 2.11. The molecule has 0 saturated heterocycles. The van der Waals surface area contributed by atoms with Crippen LogP contribution in [0.5, 0.6) is 5.75 Å². The first-order valence-electron chi connectivity index (χ1n) is 7.14. The first kappa shape index (κ1) is 16.5. The summed E-state index contributed by atoms with van der Waals surface area (Å²) in [6, 6.07) is 7.31. The van der Waals surface area contributed by atoms with E-state index in [-0.39, 0.29) is 18.6 Å². The van der Waals surface area contributed by atoms with Crippen LogP contribution in [-0.4, -0.2) is 23.7 Å². The molecule has 2 atom stereocenters. The molecule has 0 saturated carbocycles. The summed E-state index contributed by atoms with van der Waals surface area (Å²) in [5.74, 6) is 0.905. The maximum Gasteiger partial charge on any atom is 0.258 e. The van der Waals surface area contributed by atoms with Crippen LogP contribution >= 0.6 is 0 Å². The van der Waals surface area contributed by atoms with Crippen LogP contribution in [0, 0.1) is 5.92 Å². The van der Waals surface area contributed by atoms with Gasteiger partial charge in [0.25, 0.3) is 5.91 Å². The van der Waals surface area contributed by atoms with Gasteiger partial charge in [-0.3, -0.25) is 4.79 Å². The molecule has 0 heterocycles. The first-order chi connectivity index (χ1) is 9.43. The van der Waals surface area contributed by atoms with Crippen molar-refractivity contribution in [3.63, 3.8) is 0 Å². The minimum absolute atomic E-state index is 0.00668. The molecule has 0 radical (unpaired) electrons. The molecule has 112 valence electrons. The largest absolute Gasteiger partial charge is 0.484 e. The minimum Gasteiger partial charge on any atom is -0.484 e. The van der Waals surface area contributed by atoms with Crippen molar-refractivity contribution in [3.05, 3.63) is 29.8 Å². The lowest BCUT2D eigenvalue weighted by Gasteiger charge is -2.17. The van der Waals surface area contributed by atoms with Crippen molar-refractivity contribution in [3.8, 4) is 5.75 Å². The van der Waals surface area contributed by atoms with Gasteiger partial charge >= 0.3 is 0 Å². The first-order valence-corrected chi connectivity index (χ1v) is 7.14. The van der Waals surface area contributed by atoms with E-state index in [4.69, 9.17) is 4.74 Å². The van der Waals surface area contributed by atoms with Gasteiger partial charge in [-0.05, 0) is 37.0 Å². The van der Waals surface area contributed by atoms with Crippen molar-refractivity contribution in [1.29, 1.82) is 0 Å². The Hall–Kier alpha value is -1.55.